The molecule has 5 rings (SSSR count). The minimum absolute atomic E-state index is 0.0508. The second-order valence-electron chi connectivity index (χ2n) is 13.2. The summed E-state index contributed by atoms with van der Waals surface area (Å²) in [5, 5.41) is 3.19. The Morgan fingerprint density at radius 1 is 0.841 bits per heavy atom. The molecule has 9 heteroatoms. The molecule has 1 N–H and O–H groups in total. The standard InChI is InChI=1S/C35H47N3O6/c1-35(2,3)44-34(41)38-29(24-14-8-5-9-15-24)30(43-32(38)25-20-22-28(42-4)23-21-25)31(39)37(27-18-12-7-13-19-27)33(40)36-26-16-10-6-11-17-26/h5,8-9,14-15,20-23,26-27,29-30,32H,6-7,10-13,16-19H2,1-4H3,(H,36,40)/t29-,30+,32?/m0/s1. The van der Waals surface area contributed by atoms with Crippen LogP contribution in [0.15, 0.2) is 54.6 Å². The van der Waals surface area contributed by atoms with E-state index in [2.05, 4.69) is 5.32 Å². The molecule has 0 radical (unpaired) electrons. The van der Waals surface area contributed by atoms with Gasteiger partial charge in [0.05, 0.1) is 13.2 Å². The monoisotopic (exact) mass is 605 g/mol. The zero-order chi connectivity index (χ0) is 31.3. The normalized spacial score (nSPS) is 23.2. The summed E-state index contributed by atoms with van der Waals surface area (Å²) < 4.78 is 17.9. The molecular weight excluding hydrogens is 558 g/mol. The summed E-state index contributed by atoms with van der Waals surface area (Å²) in [4.78, 5) is 45.7. The molecule has 1 heterocycles. The molecule has 2 aromatic carbocycles. The highest BCUT2D eigenvalue weighted by molar-refractivity contribution is 5.98. The Labute approximate surface area is 261 Å². The van der Waals surface area contributed by atoms with Gasteiger partial charge in [-0.1, -0.05) is 81.0 Å². The number of hydrogen-bond donors (Lipinski definition) is 1. The lowest BCUT2D eigenvalue weighted by atomic mass is 9.92. The van der Waals surface area contributed by atoms with Crippen molar-refractivity contribution in [2.45, 2.75) is 121 Å². The van der Waals surface area contributed by atoms with Gasteiger partial charge in [-0.15, -0.1) is 0 Å². The van der Waals surface area contributed by atoms with Crippen molar-refractivity contribution in [1.82, 2.24) is 15.1 Å². The molecule has 3 aliphatic rings. The lowest BCUT2D eigenvalue weighted by Crippen LogP contribution is -2.56. The SMILES string of the molecule is COc1ccc(C2O[C@@H](C(=O)N(C(=O)NC3CCCCC3)C3CCCCC3)[C@H](c3ccccc3)N2C(=O)OC(C)(C)C)cc1. The highest BCUT2D eigenvalue weighted by Gasteiger charge is 2.53. The van der Waals surface area contributed by atoms with Gasteiger partial charge in [0, 0.05) is 17.6 Å². The number of hydrogen-bond acceptors (Lipinski definition) is 6. The van der Waals surface area contributed by atoms with Crippen molar-refractivity contribution in [2.24, 2.45) is 0 Å². The lowest BCUT2D eigenvalue weighted by Gasteiger charge is -2.37. The van der Waals surface area contributed by atoms with Crippen molar-refractivity contribution in [2.75, 3.05) is 7.11 Å². The third-order valence-electron chi connectivity index (χ3n) is 8.83. The van der Waals surface area contributed by atoms with E-state index in [0.717, 1.165) is 63.4 Å². The second-order valence-corrected chi connectivity index (χ2v) is 13.2. The fraction of sp³-hybridized carbons (Fsp3) is 0.571. The van der Waals surface area contributed by atoms with Crippen LogP contribution in [-0.4, -0.2) is 58.7 Å². The number of benzene rings is 2. The highest BCUT2D eigenvalue weighted by atomic mass is 16.6. The van der Waals surface area contributed by atoms with Crippen LogP contribution in [0.3, 0.4) is 0 Å². The Morgan fingerprint density at radius 2 is 1.45 bits per heavy atom. The summed E-state index contributed by atoms with van der Waals surface area (Å²) in [7, 11) is 1.59. The van der Waals surface area contributed by atoms with Crippen LogP contribution in [0.25, 0.3) is 0 Å². The van der Waals surface area contributed by atoms with E-state index in [-0.39, 0.29) is 18.1 Å². The van der Waals surface area contributed by atoms with E-state index in [0.29, 0.717) is 11.3 Å². The van der Waals surface area contributed by atoms with E-state index < -0.39 is 36.0 Å². The quantitative estimate of drug-likeness (QED) is 0.372. The van der Waals surface area contributed by atoms with Gasteiger partial charge in [-0.05, 0) is 64.2 Å². The predicted octanol–water partition coefficient (Wildman–Crippen LogP) is 7.27. The number of urea groups is 1. The molecule has 2 aliphatic carbocycles. The first-order valence-corrected chi connectivity index (χ1v) is 16.2. The number of amides is 4. The summed E-state index contributed by atoms with van der Waals surface area (Å²) >= 11 is 0. The number of imide groups is 1. The molecule has 1 saturated heterocycles. The molecule has 44 heavy (non-hydrogen) atoms. The van der Waals surface area contributed by atoms with Gasteiger partial charge in [0.25, 0.3) is 5.91 Å². The fourth-order valence-electron chi connectivity index (χ4n) is 6.69. The molecular formula is C35H47N3O6. The van der Waals surface area contributed by atoms with Gasteiger partial charge >= 0.3 is 12.1 Å². The van der Waals surface area contributed by atoms with Crippen LogP contribution in [0, 0.1) is 0 Å². The van der Waals surface area contributed by atoms with Crippen molar-refractivity contribution in [3.63, 3.8) is 0 Å². The van der Waals surface area contributed by atoms with Gasteiger partial charge in [0.15, 0.2) is 12.3 Å². The Hall–Kier alpha value is -3.59. The maximum absolute atomic E-state index is 14.8. The van der Waals surface area contributed by atoms with Crippen molar-refractivity contribution < 1.29 is 28.6 Å². The number of rotatable bonds is 6. The molecule has 0 spiro atoms. The molecule has 1 unspecified atom stereocenters. The molecule has 3 fully saturated rings. The van der Waals surface area contributed by atoms with Crippen LogP contribution < -0.4 is 10.1 Å². The van der Waals surface area contributed by atoms with Crippen LogP contribution in [0.1, 0.15) is 108 Å². The minimum Gasteiger partial charge on any atom is -0.497 e. The number of methoxy groups -OCH3 is 1. The van der Waals surface area contributed by atoms with Crippen LogP contribution in [0.4, 0.5) is 9.59 Å². The van der Waals surface area contributed by atoms with E-state index in [1.54, 1.807) is 19.2 Å². The van der Waals surface area contributed by atoms with Gasteiger partial charge in [0.2, 0.25) is 0 Å². The summed E-state index contributed by atoms with van der Waals surface area (Å²) in [5.74, 6) is 0.231. The van der Waals surface area contributed by atoms with Gasteiger partial charge < -0.3 is 19.5 Å². The minimum atomic E-state index is -1.13. The van der Waals surface area contributed by atoms with Crippen LogP contribution in [0.2, 0.25) is 0 Å². The van der Waals surface area contributed by atoms with E-state index in [1.807, 2.05) is 63.2 Å². The maximum atomic E-state index is 14.8. The predicted molar refractivity (Wildman–Crippen MR) is 167 cm³/mol. The van der Waals surface area contributed by atoms with Gasteiger partial charge in [0.1, 0.15) is 11.4 Å². The average molecular weight is 606 g/mol. The van der Waals surface area contributed by atoms with Crippen molar-refractivity contribution in [3.8, 4) is 5.75 Å². The molecule has 0 aromatic heterocycles. The molecule has 1 aliphatic heterocycles. The maximum Gasteiger partial charge on any atom is 0.413 e. The van der Waals surface area contributed by atoms with Gasteiger partial charge in [-0.25, -0.2) is 9.59 Å². The summed E-state index contributed by atoms with van der Waals surface area (Å²) in [6.45, 7) is 5.43. The van der Waals surface area contributed by atoms with E-state index in [9.17, 15) is 14.4 Å². The molecule has 238 valence electrons. The smallest absolute Gasteiger partial charge is 0.413 e. The Morgan fingerprint density at radius 3 is 2.05 bits per heavy atom. The fourth-order valence-corrected chi connectivity index (χ4v) is 6.69. The number of nitrogens with zero attached hydrogens (tertiary/aromatic N) is 2. The molecule has 3 atom stereocenters. The molecule has 2 aromatic rings. The van der Waals surface area contributed by atoms with E-state index in [4.69, 9.17) is 14.2 Å². The summed E-state index contributed by atoms with van der Waals surface area (Å²) in [6.07, 6.45) is 6.98. The Bertz CT molecular complexity index is 1270. The molecule has 2 saturated carbocycles. The van der Waals surface area contributed by atoms with Crippen LogP contribution in [0.5, 0.6) is 5.75 Å². The van der Waals surface area contributed by atoms with Crippen molar-refractivity contribution >= 4 is 18.0 Å². The third kappa shape index (κ3) is 7.37. The van der Waals surface area contributed by atoms with E-state index >= 15 is 0 Å². The summed E-state index contributed by atoms with van der Waals surface area (Å²) in [6, 6.07) is 15.3. The zero-order valence-corrected chi connectivity index (χ0v) is 26.5. The van der Waals surface area contributed by atoms with Gasteiger partial charge in [-0.3, -0.25) is 14.6 Å². The Kier molecular flexibility index (Phi) is 10.1. The van der Waals surface area contributed by atoms with Crippen molar-refractivity contribution in [3.05, 3.63) is 65.7 Å². The largest absolute Gasteiger partial charge is 0.497 e. The molecule has 9 nitrogen and oxygen atoms in total. The average Bonchev–Trinajstić information content (AvgIpc) is 3.43. The molecule has 0 bridgehead atoms. The number of nitrogens with one attached hydrogen (secondary N) is 1. The third-order valence-corrected chi connectivity index (χ3v) is 8.83. The lowest BCUT2D eigenvalue weighted by molar-refractivity contribution is -0.143. The first kappa shape index (κ1) is 31.8. The second kappa shape index (κ2) is 14.0. The number of carbonyl (C=O) groups excluding carboxylic acids is 3. The number of ether oxygens (including phenoxy) is 3. The first-order valence-electron chi connectivity index (χ1n) is 16.2. The topological polar surface area (TPSA) is 97.4 Å². The van der Waals surface area contributed by atoms with Crippen LogP contribution >= 0.6 is 0 Å². The Balaban J connectivity index is 1.56. The molecule has 4 amide bonds. The highest BCUT2D eigenvalue weighted by Crippen LogP contribution is 2.45. The van der Waals surface area contributed by atoms with Crippen LogP contribution in [-0.2, 0) is 14.3 Å². The van der Waals surface area contributed by atoms with E-state index in [1.165, 1.54) is 16.2 Å². The van der Waals surface area contributed by atoms with Crippen molar-refractivity contribution in [1.29, 1.82) is 0 Å². The first-order chi connectivity index (χ1) is 21.2. The van der Waals surface area contributed by atoms with Gasteiger partial charge in [-0.2, -0.15) is 0 Å². The number of carbonyl (C=O) groups is 3. The zero-order valence-electron chi connectivity index (χ0n) is 26.5. The summed E-state index contributed by atoms with van der Waals surface area (Å²) in [5.41, 5.74) is 0.617.